The number of benzene rings is 1. The second kappa shape index (κ2) is 4.37. The first-order chi connectivity index (χ1) is 7.76. The number of rotatable bonds is 2. The number of anilines is 1. The average molecular weight is 232 g/mol. The number of hydrogen-bond donors (Lipinski definition) is 0. The summed E-state index contributed by atoms with van der Waals surface area (Å²) in [6.07, 6.45) is 0.731. The van der Waals surface area contributed by atoms with Gasteiger partial charge in [0, 0.05) is 10.5 Å². The molecule has 0 unspecified atom stereocenters. The molecule has 1 amide bonds. The minimum Gasteiger partial charge on any atom is -0.298 e. The van der Waals surface area contributed by atoms with Gasteiger partial charge in [-0.25, -0.2) is 0 Å². The Morgan fingerprint density at radius 1 is 1.56 bits per heavy atom. The number of hydrogen-bond acceptors (Lipinski definition) is 4. The maximum absolute atomic E-state index is 11.6. The zero-order chi connectivity index (χ0) is 11.5. The van der Waals surface area contributed by atoms with E-state index >= 15 is 0 Å². The molecular formula is C11H8N2O2S. The molecule has 1 heterocycles. The molecule has 1 aromatic rings. The van der Waals surface area contributed by atoms with Gasteiger partial charge in [0.05, 0.1) is 17.5 Å². The van der Waals surface area contributed by atoms with Crippen molar-refractivity contribution in [1.29, 1.82) is 5.26 Å². The topological polar surface area (TPSA) is 61.2 Å². The first-order valence-corrected chi connectivity index (χ1v) is 5.64. The van der Waals surface area contributed by atoms with Gasteiger partial charge in [-0.05, 0) is 12.1 Å². The van der Waals surface area contributed by atoms with Crippen LogP contribution in [0.15, 0.2) is 23.1 Å². The van der Waals surface area contributed by atoms with E-state index in [9.17, 15) is 9.59 Å². The van der Waals surface area contributed by atoms with Crippen LogP contribution in [-0.4, -0.2) is 24.5 Å². The number of carbonyl (C=O) groups excluding carboxylic acids is 2. The fraction of sp³-hybridized carbons (Fsp3) is 0.182. The molecule has 0 saturated heterocycles. The van der Waals surface area contributed by atoms with Crippen LogP contribution in [-0.2, 0) is 4.79 Å². The smallest absolute Gasteiger partial charge is 0.238 e. The summed E-state index contributed by atoms with van der Waals surface area (Å²) in [4.78, 5) is 24.6. The van der Waals surface area contributed by atoms with Crippen molar-refractivity contribution in [1.82, 2.24) is 0 Å². The van der Waals surface area contributed by atoms with Crippen molar-refractivity contribution >= 4 is 29.6 Å². The van der Waals surface area contributed by atoms with Gasteiger partial charge in [0.15, 0.2) is 0 Å². The maximum Gasteiger partial charge on any atom is 0.238 e. The van der Waals surface area contributed by atoms with Crippen molar-refractivity contribution in [3.8, 4) is 6.07 Å². The van der Waals surface area contributed by atoms with Crippen molar-refractivity contribution in [2.45, 2.75) is 4.90 Å². The van der Waals surface area contributed by atoms with E-state index in [2.05, 4.69) is 0 Å². The van der Waals surface area contributed by atoms with E-state index in [-0.39, 0.29) is 12.5 Å². The molecule has 16 heavy (non-hydrogen) atoms. The summed E-state index contributed by atoms with van der Waals surface area (Å²) < 4.78 is 0. The number of thioether (sulfide) groups is 1. The van der Waals surface area contributed by atoms with Gasteiger partial charge in [-0.1, -0.05) is 6.07 Å². The lowest BCUT2D eigenvalue weighted by Crippen LogP contribution is -2.35. The average Bonchev–Trinajstić information content (AvgIpc) is 2.32. The van der Waals surface area contributed by atoms with Crippen molar-refractivity contribution in [2.75, 3.05) is 17.2 Å². The van der Waals surface area contributed by atoms with Crippen LogP contribution >= 0.6 is 11.8 Å². The quantitative estimate of drug-likeness (QED) is 0.572. The zero-order valence-electron chi connectivity index (χ0n) is 8.34. The van der Waals surface area contributed by atoms with Crippen LogP contribution in [0.3, 0.4) is 0 Å². The Kier molecular flexibility index (Phi) is 2.93. The molecule has 0 bridgehead atoms. The molecule has 0 fully saturated rings. The highest BCUT2D eigenvalue weighted by atomic mass is 32.2. The van der Waals surface area contributed by atoms with Crippen LogP contribution in [0.4, 0.5) is 5.69 Å². The molecule has 0 aromatic heterocycles. The second-order valence-corrected chi connectivity index (χ2v) is 4.29. The first-order valence-electron chi connectivity index (χ1n) is 4.65. The van der Waals surface area contributed by atoms with E-state index in [0.29, 0.717) is 17.0 Å². The van der Waals surface area contributed by atoms with Gasteiger partial charge in [0.1, 0.15) is 12.8 Å². The molecule has 1 aliphatic heterocycles. The van der Waals surface area contributed by atoms with Gasteiger partial charge in [-0.15, -0.1) is 11.8 Å². The first kappa shape index (κ1) is 10.7. The number of nitriles is 1. The Morgan fingerprint density at radius 2 is 2.38 bits per heavy atom. The Morgan fingerprint density at radius 3 is 3.06 bits per heavy atom. The van der Waals surface area contributed by atoms with Crippen LogP contribution < -0.4 is 4.90 Å². The minimum atomic E-state index is -0.0953. The molecule has 0 radical (unpaired) electrons. The van der Waals surface area contributed by atoms with E-state index < -0.39 is 0 Å². The summed E-state index contributed by atoms with van der Waals surface area (Å²) in [5, 5.41) is 8.67. The lowest BCUT2D eigenvalue weighted by molar-refractivity contribution is -0.116. The molecular weight excluding hydrogens is 224 g/mol. The fourth-order valence-electron chi connectivity index (χ4n) is 1.54. The molecule has 0 atom stereocenters. The SMILES string of the molecule is N#CCN1C(=O)CSc2ccc(C=O)cc21. The van der Waals surface area contributed by atoms with E-state index in [4.69, 9.17) is 5.26 Å². The van der Waals surface area contributed by atoms with E-state index in [1.807, 2.05) is 6.07 Å². The highest BCUT2D eigenvalue weighted by molar-refractivity contribution is 8.00. The van der Waals surface area contributed by atoms with E-state index in [0.717, 1.165) is 11.2 Å². The van der Waals surface area contributed by atoms with Crippen molar-refractivity contribution in [3.05, 3.63) is 23.8 Å². The van der Waals surface area contributed by atoms with E-state index in [1.165, 1.54) is 16.7 Å². The number of carbonyl (C=O) groups is 2. The summed E-state index contributed by atoms with van der Waals surface area (Å²) in [7, 11) is 0. The van der Waals surface area contributed by atoms with Crippen LogP contribution in [0.2, 0.25) is 0 Å². The zero-order valence-corrected chi connectivity index (χ0v) is 9.16. The van der Waals surface area contributed by atoms with Crippen LogP contribution in [0.25, 0.3) is 0 Å². The minimum absolute atomic E-state index is 0.0225. The third-order valence-electron chi connectivity index (χ3n) is 2.29. The molecule has 0 N–H and O–H groups in total. The predicted molar refractivity (Wildman–Crippen MR) is 60.5 cm³/mol. The molecule has 0 spiro atoms. The third kappa shape index (κ3) is 1.79. The van der Waals surface area contributed by atoms with Crippen LogP contribution in [0, 0.1) is 11.3 Å². The summed E-state index contributed by atoms with van der Waals surface area (Å²) in [5.41, 5.74) is 1.17. The highest BCUT2D eigenvalue weighted by Gasteiger charge is 2.24. The highest BCUT2D eigenvalue weighted by Crippen LogP contribution is 2.35. The Hall–Kier alpha value is -1.80. The summed E-state index contributed by atoms with van der Waals surface area (Å²) in [6.45, 7) is 0.0225. The lowest BCUT2D eigenvalue weighted by Gasteiger charge is -2.26. The fourth-order valence-corrected chi connectivity index (χ4v) is 2.45. The van der Waals surface area contributed by atoms with E-state index in [1.54, 1.807) is 18.2 Å². The van der Waals surface area contributed by atoms with Crippen molar-refractivity contribution in [2.24, 2.45) is 0 Å². The molecule has 80 valence electrons. The maximum atomic E-state index is 11.6. The van der Waals surface area contributed by atoms with Crippen molar-refractivity contribution in [3.63, 3.8) is 0 Å². The van der Waals surface area contributed by atoms with Crippen LogP contribution in [0.5, 0.6) is 0 Å². The summed E-state index contributed by atoms with van der Waals surface area (Å²) in [6, 6.07) is 7.11. The Labute approximate surface area is 96.8 Å². The summed E-state index contributed by atoms with van der Waals surface area (Å²) in [5.74, 6) is 0.247. The normalized spacial score (nSPS) is 14.2. The largest absolute Gasteiger partial charge is 0.298 e. The monoisotopic (exact) mass is 232 g/mol. The Balaban J connectivity index is 2.48. The molecule has 2 rings (SSSR count). The van der Waals surface area contributed by atoms with Gasteiger partial charge >= 0.3 is 0 Å². The number of amides is 1. The second-order valence-electron chi connectivity index (χ2n) is 3.27. The molecule has 4 nitrogen and oxygen atoms in total. The molecule has 5 heteroatoms. The number of fused-ring (bicyclic) bond motifs is 1. The number of aldehydes is 1. The standard InChI is InChI=1S/C11H8N2O2S/c12-3-4-13-9-5-8(6-14)1-2-10(9)16-7-11(13)15/h1-2,5-6H,4,7H2. The van der Waals surface area contributed by atoms with Gasteiger partial charge < -0.3 is 0 Å². The van der Waals surface area contributed by atoms with Gasteiger partial charge in [-0.2, -0.15) is 5.26 Å². The third-order valence-corrected chi connectivity index (χ3v) is 3.34. The van der Waals surface area contributed by atoms with Gasteiger partial charge in [0.25, 0.3) is 0 Å². The lowest BCUT2D eigenvalue weighted by atomic mass is 10.2. The Bertz CT molecular complexity index is 493. The van der Waals surface area contributed by atoms with Crippen molar-refractivity contribution < 1.29 is 9.59 Å². The molecule has 0 saturated carbocycles. The van der Waals surface area contributed by atoms with Crippen LogP contribution in [0.1, 0.15) is 10.4 Å². The van der Waals surface area contributed by atoms with Gasteiger partial charge in [0.2, 0.25) is 5.91 Å². The summed E-state index contributed by atoms with van der Waals surface area (Å²) >= 11 is 1.43. The number of nitrogens with zero attached hydrogens (tertiary/aromatic N) is 2. The molecule has 0 aliphatic carbocycles. The molecule has 1 aromatic carbocycles. The predicted octanol–water partition coefficient (Wildman–Crippen LogP) is 1.46. The molecule has 1 aliphatic rings. The van der Waals surface area contributed by atoms with Gasteiger partial charge in [-0.3, -0.25) is 14.5 Å².